The summed E-state index contributed by atoms with van der Waals surface area (Å²) in [5, 5.41) is 10.0. The van der Waals surface area contributed by atoms with Crippen molar-refractivity contribution in [1.82, 2.24) is 9.88 Å². The lowest BCUT2D eigenvalue weighted by Gasteiger charge is -2.43. The Hall–Kier alpha value is -2.39. The van der Waals surface area contributed by atoms with Crippen LogP contribution in [-0.4, -0.2) is 44.6 Å². The number of nitrogens with one attached hydrogen (secondary N) is 1. The number of carbonyl (C=O) groups is 3. The summed E-state index contributed by atoms with van der Waals surface area (Å²) in [5.41, 5.74) is 1.15. The van der Waals surface area contributed by atoms with Crippen molar-refractivity contribution in [2.75, 3.05) is 6.54 Å². The van der Waals surface area contributed by atoms with Gasteiger partial charge in [-0.1, -0.05) is 41.7 Å². The molecule has 1 aromatic heterocycles. The zero-order chi connectivity index (χ0) is 22.1. The van der Waals surface area contributed by atoms with E-state index < -0.39 is 5.97 Å². The average molecular weight is 471 g/mol. The van der Waals surface area contributed by atoms with Gasteiger partial charge in [-0.05, 0) is 36.2 Å². The number of carbonyl (C=O) groups excluding carboxylic acids is 2. The van der Waals surface area contributed by atoms with Crippen molar-refractivity contribution < 1.29 is 19.5 Å². The number of benzene rings is 1. The van der Waals surface area contributed by atoms with Crippen molar-refractivity contribution in [3.8, 4) is 0 Å². The third kappa shape index (κ3) is 2.80. The number of fused-ring (bicyclic) bond motifs is 9. The number of thioether (sulfide) groups is 1. The Balaban J connectivity index is 1.37. The third-order valence-electron chi connectivity index (χ3n) is 7.75. The molecular weight excluding hydrogens is 448 g/mol. The molecule has 32 heavy (non-hydrogen) atoms. The topological polar surface area (TPSA) is 108 Å². The minimum Gasteiger partial charge on any atom is -0.481 e. The van der Waals surface area contributed by atoms with Gasteiger partial charge in [0, 0.05) is 29.0 Å². The predicted molar refractivity (Wildman–Crippen MR) is 119 cm³/mol. The van der Waals surface area contributed by atoms with Crippen LogP contribution in [-0.2, 0) is 14.4 Å². The lowest BCUT2D eigenvalue weighted by molar-refractivity contribution is -0.142. The third-order valence-corrected chi connectivity index (χ3v) is 10.3. The highest BCUT2D eigenvalue weighted by Crippen LogP contribution is 2.68. The zero-order valence-electron chi connectivity index (χ0n) is 17.1. The summed E-state index contributed by atoms with van der Waals surface area (Å²) in [5.74, 6) is -1.36. The van der Waals surface area contributed by atoms with E-state index in [1.54, 1.807) is 11.8 Å². The molecule has 1 aromatic carbocycles. The smallest absolute Gasteiger partial charge is 0.305 e. The fourth-order valence-corrected chi connectivity index (χ4v) is 9.61. The molecule has 1 saturated heterocycles. The molecule has 7 atom stereocenters. The summed E-state index contributed by atoms with van der Waals surface area (Å²) < 4.78 is 0. The predicted octanol–water partition coefficient (Wildman–Crippen LogP) is 2.77. The van der Waals surface area contributed by atoms with E-state index in [0.717, 1.165) is 21.9 Å². The van der Waals surface area contributed by atoms with Crippen molar-refractivity contribution in [1.29, 1.82) is 0 Å². The number of carboxylic acids is 1. The van der Waals surface area contributed by atoms with Gasteiger partial charge in [0.05, 0.1) is 16.9 Å². The van der Waals surface area contributed by atoms with E-state index in [4.69, 9.17) is 5.11 Å². The first-order valence-electron chi connectivity index (χ1n) is 11.0. The van der Waals surface area contributed by atoms with Crippen LogP contribution < -0.4 is 4.87 Å². The summed E-state index contributed by atoms with van der Waals surface area (Å²) in [6.07, 6.45) is 1.10. The number of hydrogen-bond donors (Lipinski definition) is 2. The van der Waals surface area contributed by atoms with Crippen LogP contribution >= 0.6 is 23.1 Å². The normalized spacial score (nSPS) is 34.5. The van der Waals surface area contributed by atoms with Gasteiger partial charge in [0.15, 0.2) is 0 Å². The number of likely N-dealkylation sites (tertiary alicyclic amines) is 1. The molecule has 4 aliphatic rings. The van der Waals surface area contributed by atoms with Crippen LogP contribution in [0.5, 0.6) is 0 Å². The molecule has 9 heteroatoms. The SMILES string of the molecule is O=C(O)CCCN1C(=O)[C@@H]2[C@H]3C[C@@H]([C@@H]2C1=O)[C@@H]1[C@@H](c2ccccc2)c2sc(=O)[nH]c2S[C@H]31. The largest absolute Gasteiger partial charge is 0.481 e. The fourth-order valence-electron chi connectivity index (χ4n) is 6.72. The minimum absolute atomic E-state index is 0.0429. The number of carboxylic acid groups (broad SMARTS) is 1. The second-order valence-electron chi connectivity index (χ2n) is 9.20. The zero-order valence-corrected chi connectivity index (χ0v) is 18.7. The van der Waals surface area contributed by atoms with Gasteiger partial charge in [-0.25, -0.2) is 0 Å². The van der Waals surface area contributed by atoms with E-state index in [2.05, 4.69) is 17.1 Å². The van der Waals surface area contributed by atoms with Crippen LogP contribution in [0.2, 0.25) is 0 Å². The van der Waals surface area contributed by atoms with Crippen molar-refractivity contribution in [3.63, 3.8) is 0 Å². The first-order valence-corrected chi connectivity index (χ1v) is 12.7. The first kappa shape index (κ1) is 20.2. The molecule has 2 aliphatic carbocycles. The second kappa shape index (κ2) is 7.31. The number of imide groups is 1. The number of thiazole rings is 1. The van der Waals surface area contributed by atoms with Crippen LogP contribution in [0.15, 0.2) is 40.2 Å². The number of aliphatic carboxylic acids is 1. The monoisotopic (exact) mass is 470 g/mol. The van der Waals surface area contributed by atoms with E-state index >= 15 is 0 Å². The molecule has 3 heterocycles. The highest BCUT2D eigenvalue weighted by Gasteiger charge is 2.69. The Labute approximate surface area is 192 Å². The maximum absolute atomic E-state index is 13.3. The molecule has 0 spiro atoms. The number of amides is 2. The highest BCUT2D eigenvalue weighted by molar-refractivity contribution is 8.00. The second-order valence-corrected chi connectivity index (χ2v) is 11.4. The summed E-state index contributed by atoms with van der Waals surface area (Å²) in [4.78, 5) is 55.0. The van der Waals surface area contributed by atoms with Crippen LogP contribution in [0.4, 0.5) is 0 Å². The Bertz CT molecular complexity index is 1170. The van der Waals surface area contributed by atoms with Gasteiger partial charge in [-0.15, -0.1) is 11.8 Å². The summed E-state index contributed by atoms with van der Waals surface area (Å²) in [6, 6.07) is 10.2. The molecule has 2 saturated carbocycles. The van der Waals surface area contributed by atoms with E-state index in [9.17, 15) is 19.2 Å². The van der Waals surface area contributed by atoms with E-state index in [0.29, 0.717) is 0 Å². The van der Waals surface area contributed by atoms with E-state index in [-0.39, 0.29) is 76.8 Å². The maximum Gasteiger partial charge on any atom is 0.305 e. The van der Waals surface area contributed by atoms with Gasteiger partial charge in [-0.2, -0.15) is 0 Å². The first-order chi connectivity index (χ1) is 15.5. The molecule has 7 nitrogen and oxygen atoms in total. The summed E-state index contributed by atoms with van der Waals surface area (Å²) in [7, 11) is 0. The van der Waals surface area contributed by atoms with E-state index in [1.807, 2.05) is 18.2 Å². The molecular formula is C23H22N2O5S2. The number of hydrogen-bond acceptors (Lipinski definition) is 6. The Morgan fingerprint density at radius 1 is 1.09 bits per heavy atom. The van der Waals surface area contributed by atoms with Gasteiger partial charge < -0.3 is 10.1 Å². The molecule has 0 unspecified atom stereocenters. The lowest BCUT2D eigenvalue weighted by Crippen LogP contribution is -2.42. The molecule has 2 N–H and O–H groups in total. The van der Waals surface area contributed by atoms with Crippen molar-refractivity contribution in [2.24, 2.45) is 29.6 Å². The van der Waals surface area contributed by atoms with Gasteiger partial charge in [0.2, 0.25) is 11.8 Å². The Morgan fingerprint density at radius 2 is 1.81 bits per heavy atom. The molecule has 166 valence electrons. The van der Waals surface area contributed by atoms with Gasteiger partial charge in [0.1, 0.15) is 0 Å². The molecule has 2 amide bonds. The van der Waals surface area contributed by atoms with Crippen molar-refractivity contribution in [3.05, 3.63) is 50.4 Å². The van der Waals surface area contributed by atoms with E-state index in [1.165, 1.54) is 16.2 Å². The summed E-state index contributed by atoms with van der Waals surface area (Å²) >= 11 is 2.94. The molecule has 6 rings (SSSR count). The lowest BCUT2D eigenvalue weighted by atomic mass is 9.68. The number of aromatic amines is 1. The number of nitrogens with zero attached hydrogens (tertiary/aromatic N) is 1. The molecule has 2 bridgehead atoms. The Kier molecular flexibility index (Phi) is 4.62. The van der Waals surface area contributed by atoms with Crippen molar-refractivity contribution >= 4 is 40.9 Å². The average Bonchev–Trinajstić information content (AvgIpc) is 3.49. The quantitative estimate of drug-likeness (QED) is 0.651. The van der Waals surface area contributed by atoms with Crippen LogP contribution in [0.3, 0.4) is 0 Å². The molecule has 0 radical (unpaired) electrons. The van der Waals surface area contributed by atoms with Gasteiger partial charge >= 0.3 is 10.8 Å². The van der Waals surface area contributed by atoms with Crippen LogP contribution in [0.25, 0.3) is 0 Å². The number of rotatable bonds is 5. The maximum atomic E-state index is 13.3. The van der Waals surface area contributed by atoms with Crippen LogP contribution in [0, 0.1) is 29.6 Å². The number of aromatic nitrogens is 1. The standard InChI is InChI=1S/C23H22N2O5S2/c26-13(27)7-4-8-25-21(28)16-11-9-12(17(16)22(25)29)18-15(11)14(10-5-2-1-3-6-10)19-20(31-18)24-23(30)32-19/h1-3,5-6,11-12,14-18H,4,7-9H2,(H,24,30)(H,26,27)/t11-,12-,14-,15-,16+,17-,18-/m1/s1. The molecule has 2 aliphatic heterocycles. The fraction of sp³-hybridized carbons (Fsp3) is 0.478. The van der Waals surface area contributed by atoms with Crippen molar-refractivity contribution in [2.45, 2.75) is 35.5 Å². The summed E-state index contributed by atoms with van der Waals surface area (Å²) in [6.45, 7) is 0.182. The molecule has 2 aromatic rings. The van der Waals surface area contributed by atoms with Gasteiger partial charge in [0.25, 0.3) is 0 Å². The minimum atomic E-state index is -0.919. The number of H-pyrrole nitrogens is 1. The van der Waals surface area contributed by atoms with Crippen LogP contribution in [0.1, 0.15) is 35.6 Å². The molecule has 3 fully saturated rings. The Morgan fingerprint density at radius 3 is 2.53 bits per heavy atom. The van der Waals surface area contributed by atoms with Gasteiger partial charge in [-0.3, -0.25) is 24.1 Å². The highest BCUT2D eigenvalue weighted by atomic mass is 32.2.